The zero-order valence-corrected chi connectivity index (χ0v) is 14.1. The predicted octanol–water partition coefficient (Wildman–Crippen LogP) is 4.96. The Morgan fingerprint density at radius 3 is 2.32 bits per heavy atom. The summed E-state index contributed by atoms with van der Waals surface area (Å²) in [6.45, 7) is 7.68. The largest absolute Gasteiger partial charge is 0.491 e. The van der Waals surface area contributed by atoms with Crippen LogP contribution in [0.2, 0.25) is 5.02 Å². The molecule has 0 aliphatic heterocycles. The number of halogens is 1. The van der Waals surface area contributed by atoms with Crippen LogP contribution in [0.3, 0.4) is 0 Å². The molecule has 4 heteroatoms. The number of hydrogen-bond donors (Lipinski definition) is 2. The topological polar surface area (TPSA) is 33.3 Å². The van der Waals surface area contributed by atoms with Crippen LogP contribution >= 0.6 is 11.6 Å². The van der Waals surface area contributed by atoms with Gasteiger partial charge >= 0.3 is 0 Å². The highest BCUT2D eigenvalue weighted by atomic mass is 35.5. The Balaban J connectivity index is 1.79. The summed E-state index contributed by atoms with van der Waals surface area (Å²) in [5.74, 6) is 0.887. The van der Waals surface area contributed by atoms with Gasteiger partial charge in [0.05, 0.1) is 6.10 Å². The number of aryl methyl sites for hydroxylation is 1. The van der Waals surface area contributed by atoms with Crippen molar-refractivity contribution in [2.75, 3.05) is 23.7 Å². The number of ether oxygens (including phenoxy) is 1. The Morgan fingerprint density at radius 1 is 1.00 bits per heavy atom. The Morgan fingerprint density at radius 2 is 1.68 bits per heavy atom. The molecule has 0 heterocycles. The molecule has 0 atom stereocenters. The predicted molar refractivity (Wildman–Crippen MR) is 95.4 cm³/mol. The molecule has 3 nitrogen and oxygen atoms in total. The van der Waals surface area contributed by atoms with Crippen LogP contribution in [0.5, 0.6) is 5.75 Å². The Bertz CT molecular complexity index is 614. The molecule has 0 bridgehead atoms. The lowest BCUT2D eigenvalue weighted by Crippen LogP contribution is -2.13. The van der Waals surface area contributed by atoms with E-state index in [2.05, 4.69) is 10.6 Å². The van der Waals surface area contributed by atoms with Crippen LogP contribution in [-0.2, 0) is 0 Å². The van der Waals surface area contributed by atoms with Crippen molar-refractivity contribution >= 4 is 23.0 Å². The minimum atomic E-state index is 0.184. The summed E-state index contributed by atoms with van der Waals surface area (Å²) in [4.78, 5) is 0. The number of hydrogen-bond acceptors (Lipinski definition) is 3. The van der Waals surface area contributed by atoms with Gasteiger partial charge in [0.2, 0.25) is 0 Å². The smallest absolute Gasteiger partial charge is 0.121 e. The first-order chi connectivity index (χ1) is 10.5. The van der Waals surface area contributed by atoms with Crippen LogP contribution in [0.4, 0.5) is 11.4 Å². The van der Waals surface area contributed by atoms with E-state index in [1.807, 2.05) is 63.2 Å². The summed E-state index contributed by atoms with van der Waals surface area (Å²) in [7, 11) is 0. The van der Waals surface area contributed by atoms with Crippen LogP contribution in [0, 0.1) is 6.92 Å². The van der Waals surface area contributed by atoms with Gasteiger partial charge in [-0.15, -0.1) is 0 Å². The van der Waals surface area contributed by atoms with Crippen molar-refractivity contribution in [3.63, 3.8) is 0 Å². The van der Waals surface area contributed by atoms with Crippen LogP contribution in [0.1, 0.15) is 19.4 Å². The van der Waals surface area contributed by atoms with Crippen LogP contribution in [0.25, 0.3) is 0 Å². The van der Waals surface area contributed by atoms with Crippen LogP contribution in [-0.4, -0.2) is 19.2 Å². The van der Waals surface area contributed by atoms with Gasteiger partial charge in [-0.3, -0.25) is 0 Å². The average molecular weight is 319 g/mol. The molecule has 0 radical (unpaired) electrons. The van der Waals surface area contributed by atoms with Gasteiger partial charge in [0.25, 0.3) is 0 Å². The fraction of sp³-hybridized carbons (Fsp3) is 0.333. The molecule has 0 saturated carbocycles. The van der Waals surface area contributed by atoms with Crippen LogP contribution in [0.15, 0.2) is 42.5 Å². The van der Waals surface area contributed by atoms with Crippen molar-refractivity contribution in [2.45, 2.75) is 26.9 Å². The third-order valence-electron chi connectivity index (χ3n) is 3.16. The van der Waals surface area contributed by atoms with Crippen molar-refractivity contribution < 1.29 is 4.74 Å². The lowest BCUT2D eigenvalue weighted by Gasteiger charge is -2.13. The molecule has 0 aliphatic rings. The van der Waals surface area contributed by atoms with Crippen molar-refractivity contribution in [1.82, 2.24) is 0 Å². The van der Waals surface area contributed by atoms with E-state index < -0.39 is 0 Å². The van der Waals surface area contributed by atoms with E-state index in [1.165, 1.54) is 0 Å². The van der Waals surface area contributed by atoms with Crippen molar-refractivity contribution in [3.8, 4) is 5.75 Å². The van der Waals surface area contributed by atoms with Crippen LogP contribution < -0.4 is 15.4 Å². The minimum Gasteiger partial charge on any atom is -0.491 e. The van der Waals surface area contributed by atoms with Crippen molar-refractivity contribution in [2.24, 2.45) is 0 Å². The van der Waals surface area contributed by atoms with Gasteiger partial charge in [-0.05, 0) is 50.6 Å². The summed E-state index contributed by atoms with van der Waals surface area (Å²) < 4.78 is 5.68. The molecule has 22 heavy (non-hydrogen) atoms. The second kappa shape index (κ2) is 7.95. The van der Waals surface area contributed by atoms with E-state index in [0.29, 0.717) is 0 Å². The van der Waals surface area contributed by atoms with E-state index >= 15 is 0 Å². The Labute approximate surface area is 137 Å². The first-order valence-electron chi connectivity index (χ1n) is 7.55. The van der Waals surface area contributed by atoms with E-state index in [-0.39, 0.29) is 6.10 Å². The maximum atomic E-state index is 6.11. The summed E-state index contributed by atoms with van der Waals surface area (Å²) in [5.41, 5.74) is 3.18. The zero-order valence-electron chi connectivity index (χ0n) is 13.3. The average Bonchev–Trinajstić information content (AvgIpc) is 2.47. The van der Waals surface area contributed by atoms with Crippen molar-refractivity contribution in [1.29, 1.82) is 0 Å². The molecular weight excluding hydrogens is 296 g/mol. The third-order valence-corrected chi connectivity index (χ3v) is 3.57. The van der Waals surface area contributed by atoms with E-state index in [9.17, 15) is 0 Å². The highest BCUT2D eigenvalue weighted by Gasteiger charge is 2.00. The molecule has 0 aromatic heterocycles. The van der Waals surface area contributed by atoms with Gasteiger partial charge in [0, 0.05) is 35.6 Å². The molecule has 2 aromatic carbocycles. The molecule has 118 valence electrons. The van der Waals surface area contributed by atoms with Gasteiger partial charge in [0.1, 0.15) is 5.75 Å². The van der Waals surface area contributed by atoms with E-state index in [1.54, 1.807) is 0 Å². The number of benzene rings is 2. The zero-order chi connectivity index (χ0) is 15.9. The molecule has 2 rings (SSSR count). The first-order valence-corrected chi connectivity index (χ1v) is 7.93. The second-order valence-corrected chi connectivity index (χ2v) is 5.92. The van der Waals surface area contributed by atoms with Gasteiger partial charge in [-0.2, -0.15) is 0 Å². The Hall–Kier alpha value is -1.87. The number of nitrogens with one attached hydrogen (secondary N) is 2. The summed E-state index contributed by atoms with van der Waals surface area (Å²) in [6, 6.07) is 14.0. The molecule has 0 amide bonds. The molecule has 0 saturated heterocycles. The fourth-order valence-electron chi connectivity index (χ4n) is 2.07. The minimum absolute atomic E-state index is 0.184. The van der Waals surface area contributed by atoms with E-state index in [0.717, 1.165) is 40.8 Å². The van der Waals surface area contributed by atoms with Gasteiger partial charge in [-0.25, -0.2) is 0 Å². The molecule has 0 aliphatic carbocycles. The lowest BCUT2D eigenvalue weighted by atomic mass is 10.2. The number of anilines is 2. The maximum Gasteiger partial charge on any atom is 0.121 e. The number of rotatable bonds is 7. The quantitative estimate of drug-likeness (QED) is 0.708. The SMILES string of the molecule is Cc1ccc(NCCNc2cccc(OC(C)C)c2)cc1Cl. The maximum absolute atomic E-state index is 6.11. The molecular formula is C18H23ClN2O. The monoisotopic (exact) mass is 318 g/mol. The van der Waals surface area contributed by atoms with Gasteiger partial charge in [-0.1, -0.05) is 23.7 Å². The fourth-order valence-corrected chi connectivity index (χ4v) is 2.25. The molecule has 0 spiro atoms. The summed E-state index contributed by atoms with van der Waals surface area (Å²) in [5, 5.41) is 7.52. The molecule has 0 unspecified atom stereocenters. The molecule has 2 N–H and O–H groups in total. The molecule has 0 fully saturated rings. The normalized spacial score (nSPS) is 10.6. The molecule has 2 aromatic rings. The highest BCUT2D eigenvalue weighted by Crippen LogP contribution is 2.20. The Kier molecular flexibility index (Phi) is 5.96. The lowest BCUT2D eigenvalue weighted by molar-refractivity contribution is 0.242. The first kappa shape index (κ1) is 16.5. The standard InChI is InChI=1S/C18H23ClN2O/c1-13(2)22-17-6-4-5-15(11-17)20-9-10-21-16-8-7-14(3)18(19)12-16/h4-8,11-13,20-21H,9-10H2,1-3H3. The summed E-state index contributed by atoms with van der Waals surface area (Å²) >= 11 is 6.11. The van der Waals surface area contributed by atoms with Crippen molar-refractivity contribution in [3.05, 3.63) is 53.1 Å². The second-order valence-electron chi connectivity index (χ2n) is 5.51. The third kappa shape index (κ3) is 5.15. The van der Waals surface area contributed by atoms with Gasteiger partial charge < -0.3 is 15.4 Å². The van der Waals surface area contributed by atoms with E-state index in [4.69, 9.17) is 16.3 Å². The van der Waals surface area contributed by atoms with Gasteiger partial charge in [0.15, 0.2) is 0 Å². The summed E-state index contributed by atoms with van der Waals surface area (Å²) in [6.07, 6.45) is 0.184. The highest BCUT2D eigenvalue weighted by molar-refractivity contribution is 6.31.